The van der Waals surface area contributed by atoms with Crippen molar-refractivity contribution in [1.82, 2.24) is 5.32 Å². The van der Waals surface area contributed by atoms with Gasteiger partial charge in [-0.3, -0.25) is 4.79 Å². The first kappa shape index (κ1) is 13.9. The lowest BCUT2D eigenvalue weighted by atomic mass is 10.1. The van der Waals surface area contributed by atoms with E-state index in [-0.39, 0.29) is 0 Å². The summed E-state index contributed by atoms with van der Waals surface area (Å²) in [6, 6.07) is 5.13. The van der Waals surface area contributed by atoms with Crippen LogP contribution in [0, 0.1) is 0 Å². The minimum absolute atomic E-state index is 0.437. The van der Waals surface area contributed by atoms with Crippen molar-refractivity contribution in [1.29, 1.82) is 0 Å². The first-order valence-corrected chi connectivity index (χ1v) is 6.76. The van der Waals surface area contributed by atoms with Crippen molar-refractivity contribution in [2.75, 3.05) is 25.0 Å². The lowest BCUT2D eigenvalue weighted by molar-refractivity contribution is 0.100. The Morgan fingerprint density at radius 2 is 2.32 bits per heavy atom. The molecule has 1 aliphatic heterocycles. The van der Waals surface area contributed by atoms with E-state index in [1.165, 1.54) is 5.57 Å². The first-order chi connectivity index (χ1) is 9.16. The van der Waals surface area contributed by atoms with Crippen molar-refractivity contribution in [2.24, 2.45) is 5.73 Å². The molecule has 0 atom stereocenters. The zero-order chi connectivity index (χ0) is 13.7. The Balaban J connectivity index is 1.95. The Morgan fingerprint density at radius 1 is 1.47 bits per heavy atom. The smallest absolute Gasteiger partial charge is 0.250 e. The van der Waals surface area contributed by atoms with Gasteiger partial charge in [-0.05, 0) is 37.6 Å². The van der Waals surface area contributed by atoms with Crippen molar-refractivity contribution in [3.05, 3.63) is 40.4 Å². The highest BCUT2D eigenvalue weighted by Crippen LogP contribution is 2.20. The highest BCUT2D eigenvalue weighted by molar-refractivity contribution is 6.31. The van der Waals surface area contributed by atoms with Crippen LogP contribution in [0.5, 0.6) is 0 Å². The number of nitrogens with two attached hydrogens (primary N) is 1. The Kier molecular flexibility index (Phi) is 4.82. The number of carbonyl (C=O) groups is 1. The van der Waals surface area contributed by atoms with Crippen LogP contribution in [0.3, 0.4) is 0 Å². The molecule has 0 saturated heterocycles. The summed E-state index contributed by atoms with van der Waals surface area (Å²) >= 11 is 5.87. The number of hydrogen-bond acceptors (Lipinski definition) is 3. The molecule has 0 aromatic heterocycles. The SMILES string of the molecule is NC(=O)c1cc(Cl)ccc1NCCC1=CCNCC1. The van der Waals surface area contributed by atoms with Gasteiger partial charge in [0.15, 0.2) is 0 Å². The molecule has 102 valence electrons. The molecular weight excluding hydrogens is 262 g/mol. The monoisotopic (exact) mass is 279 g/mol. The Labute approximate surface area is 118 Å². The van der Waals surface area contributed by atoms with Crippen molar-refractivity contribution in [2.45, 2.75) is 12.8 Å². The molecule has 19 heavy (non-hydrogen) atoms. The normalized spacial score (nSPS) is 14.9. The van der Waals surface area contributed by atoms with E-state index < -0.39 is 5.91 Å². The lowest BCUT2D eigenvalue weighted by Gasteiger charge is -2.15. The van der Waals surface area contributed by atoms with E-state index in [0.717, 1.165) is 38.2 Å². The summed E-state index contributed by atoms with van der Waals surface area (Å²) in [6.45, 7) is 2.77. The molecule has 1 amide bonds. The molecule has 1 aromatic rings. The van der Waals surface area contributed by atoms with Gasteiger partial charge >= 0.3 is 0 Å². The molecule has 4 N–H and O–H groups in total. The number of amides is 1. The van der Waals surface area contributed by atoms with Gasteiger partial charge in [0.25, 0.3) is 5.91 Å². The predicted molar refractivity (Wildman–Crippen MR) is 78.6 cm³/mol. The van der Waals surface area contributed by atoms with Crippen LogP contribution in [-0.2, 0) is 0 Å². The van der Waals surface area contributed by atoms with E-state index in [9.17, 15) is 4.79 Å². The minimum atomic E-state index is -0.467. The molecular formula is C14H18ClN3O. The van der Waals surface area contributed by atoms with Crippen LogP contribution in [-0.4, -0.2) is 25.5 Å². The van der Waals surface area contributed by atoms with Gasteiger partial charge in [-0.25, -0.2) is 0 Å². The average Bonchev–Trinajstić information content (AvgIpc) is 2.41. The van der Waals surface area contributed by atoms with E-state index >= 15 is 0 Å². The molecule has 0 unspecified atom stereocenters. The summed E-state index contributed by atoms with van der Waals surface area (Å²) in [6.07, 6.45) is 4.29. The molecule has 1 aromatic carbocycles. The standard InChI is InChI=1S/C14H18ClN3O/c15-11-1-2-13(12(9-11)14(16)19)18-8-5-10-3-6-17-7-4-10/h1-3,9,17-18H,4-8H2,(H2,16,19). The van der Waals surface area contributed by atoms with E-state index in [2.05, 4.69) is 16.7 Å². The Morgan fingerprint density at radius 3 is 3.00 bits per heavy atom. The van der Waals surface area contributed by atoms with Gasteiger partial charge in [0.1, 0.15) is 0 Å². The number of anilines is 1. The van der Waals surface area contributed by atoms with Crippen molar-refractivity contribution in [3.63, 3.8) is 0 Å². The van der Waals surface area contributed by atoms with Crippen LogP contribution in [0.1, 0.15) is 23.2 Å². The molecule has 1 aliphatic rings. The van der Waals surface area contributed by atoms with E-state index in [1.54, 1.807) is 18.2 Å². The van der Waals surface area contributed by atoms with Gasteiger partial charge in [0, 0.05) is 23.8 Å². The van der Waals surface area contributed by atoms with Crippen molar-refractivity contribution in [3.8, 4) is 0 Å². The third kappa shape index (κ3) is 3.98. The summed E-state index contributed by atoms with van der Waals surface area (Å²) in [5.74, 6) is -0.467. The van der Waals surface area contributed by atoms with Crippen molar-refractivity contribution < 1.29 is 4.79 Å². The molecule has 0 spiro atoms. The highest BCUT2D eigenvalue weighted by atomic mass is 35.5. The maximum atomic E-state index is 11.3. The molecule has 4 nitrogen and oxygen atoms in total. The maximum Gasteiger partial charge on any atom is 0.250 e. The van der Waals surface area contributed by atoms with E-state index in [1.807, 2.05) is 0 Å². The third-order valence-corrected chi connectivity index (χ3v) is 3.40. The van der Waals surface area contributed by atoms with Gasteiger partial charge in [0.05, 0.1) is 5.56 Å². The number of benzene rings is 1. The molecule has 0 fully saturated rings. The van der Waals surface area contributed by atoms with Crippen LogP contribution in [0.25, 0.3) is 0 Å². The summed E-state index contributed by atoms with van der Waals surface area (Å²) in [5.41, 5.74) is 7.96. The van der Waals surface area contributed by atoms with Crippen LogP contribution in [0.4, 0.5) is 5.69 Å². The maximum absolute atomic E-state index is 11.3. The fraction of sp³-hybridized carbons (Fsp3) is 0.357. The van der Waals surface area contributed by atoms with Crippen molar-refractivity contribution >= 4 is 23.2 Å². The fourth-order valence-electron chi connectivity index (χ4n) is 2.13. The zero-order valence-corrected chi connectivity index (χ0v) is 11.5. The van der Waals surface area contributed by atoms with Crippen LogP contribution >= 0.6 is 11.6 Å². The second kappa shape index (κ2) is 6.59. The molecule has 2 rings (SSSR count). The van der Waals surface area contributed by atoms with E-state index in [0.29, 0.717) is 10.6 Å². The van der Waals surface area contributed by atoms with Crippen LogP contribution in [0.2, 0.25) is 5.02 Å². The number of nitrogens with one attached hydrogen (secondary N) is 2. The Hall–Kier alpha value is -1.52. The molecule has 0 aliphatic carbocycles. The summed E-state index contributed by atoms with van der Waals surface area (Å²) < 4.78 is 0. The van der Waals surface area contributed by atoms with Gasteiger partial charge < -0.3 is 16.4 Å². The van der Waals surface area contributed by atoms with Crippen LogP contribution < -0.4 is 16.4 Å². The topological polar surface area (TPSA) is 67.2 Å². The van der Waals surface area contributed by atoms with Crippen LogP contribution in [0.15, 0.2) is 29.8 Å². The van der Waals surface area contributed by atoms with E-state index in [4.69, 9.17) is 17.3 Å². The fourth-order valence-corrected chi connectivity index (χ4v) is 2.30. The molecule has 0 radical (unpaired) electrons. The number of rotatable bonds is 5. The second-order valence-corrected chi connectivity index (χ2v) is 4.98. The van der Waals surface area contributed by atoms with Gasteiger partial charge in [0.2, 0.25) is 0 Å². The summed E-state index contributed by atoms with van der Waals surface area (Å²) in [5, 5.41) is 7.04. The highest BCUT2D eigenvalue weighted by Gasteiger charge is 2.09. The minimum Gasteiger partial charge on any atom is -0.384 e. The molecule has 0 saturated carbocycles. The number of halogens is 1. The molecule has 1 heterocycles. The molecule has 0 bridgehead atoms. The third-order valence-electron chi connectivity index (χ3n) is 3.17. The van der Waals surface area contributed by atoms with Gasteiger partial charge in [-0.2, -0.15) is 0 Å². The lowest BCUT2D eigenvalue weighted by Crippen LogP contribution is -2.21. The summed E-state index contributed by atoms with van der Waals surface area (Å²) in [4.78, 5) is 11.3. The molecule has 5 heteroatoms. The largest absolute Gasteiger partial charge is 0.384 e. The number of primary amides is 1. The summed E-state index contributed by atoms with van der Waals surface area (Å²) in [7, 11) is 0. The predicted octanol–water partition coefficient (Wildman–Crippen LogP) is 2.16. The number of carbonyl (C=O) groups excluding carboxylic acids is 1. The second-order valence-electron chi connectivity index (χ2n) is 4.55. The quantitative estimate of drug-likeness (QED) is 0.724. The zero-order valence-electron chi connectivity index (χ0n) is 10.7. The Bertz CT molecular complexity index is 499. The van der Waals surface area contributed by atoms with Gasteiger partial charge in [-0.15, -0.1) is 0 Å². The van der Waals surface area contributed by atoms with Gasteiger partial charge in [-0.1, -0.05) is 23.3 Å². The average molecular weight is 280 g/mol. The first-order valence-electron chi connectivity index (χ1n) is 6.38. The number of hydrogen-bond donors (Lipinski definition) is 3.